The molecule has 0 amide bonds. The maximum atomic E-state index is 5.83. The van der Waals surface area contributed by atoms with Crippen molar-refractivity contribution >= 4 is 15.9 Å². The fraction of sp³-hybridized carbons (Fsp3) is 0.600. The Bertz CT molecular complexity index is 363. The maximum absolute atomic E-state index is 5.83. The summed E-state index contributed by atoms with van der Waals surface area (Å²) in [6.45, 7) is 11.2. The fourth-order valence-electron chi connectivity index (χ4n) is 1.58. The van der Waals surface area contributed by atoms with E-state index in [1.165, 1.54) is 5.56 Å². The van der Waals surface area contributed by atoms with Gasteiger partial charge in [-0.15, -0.1) is 0 Å². The number of ether oxygens (including phenoxy) is 1. The molecule has 102 valence electrons. The molecule has 3 heteroatoms. The molecule has 18 heavy (non-hydrogen) atoms. The van der Waals surface area contributed by atoms with Crippen LogP contribution in [0.3, 0.4) is 0 Å². The van der Waals surface area contributed by atoms with Crippen LogP contribution in [0.2, 0.25) is 0 Å². The van der Waals surface area contributed by atoms with Crippen LogP contribution in [0.4, 0.5) is 0 Å². The van der Waals surface area contributed by atoms with Crippen molar-refractivity contribution in [3.05, 3.63) is 34.3 Å². The normalized spacial score (nSPS) is 12.1. The minimum atomic E-state index is 0.158. The van der Waals surface area contributed by atoms with E-state index in [-0.39, 0.29) is 5.41 Å². The van der Waals surface area contributed by atoms with E-state index in [1.54, 1.807) is 0 Å². The minimum absolute atomic E-state index is 0.158. The molecule has 0 fully saturated rings. The first kappa shape index (κ1) is 15.7. The molecular weight excluding hydrogens is 290 g/mol. The van der Waals surface area contributed by atoms with Gasteiger partial charge in [-0.1, -0.05) is 61.8 Å². The second-order valence-electron chi connectivity index (χ2n) is 5.78. The molecule has 0 aliphatic carbocycles. The summed E-state index contributed by atoms with van der Waals surface area (Å²) in [7, 11) is 0. The number of benzene rings is 1. The Kier molecular flexibility index (Phi) is 6.33. The van der Waals surface area contributed by atoms with Gasteiger partial charge in [0.1, 0.15) is 0 Å². The Labute approximate surface area is 119 Å². The van der Waals surface area contributed by atoms with E-state index in [0.29, 0.717) is 12.6 Å². The van der Waals surface area contributed by atoms with Crippen molar-refractivity contribution in [2.45, 2.75) is 40.3 Å². The summed E-state index contributed by atoms with van der Waals surface area (Å²) in [6, 6.07) is 8.71. The standard InChI is InChI=1S/C15H24BrNO/c1-12(2)17-10-15(3,4)11-18-9-13-7-5-6-8-14(13)16/h5-8,12,17H,9-11H2,1-4H3. The summed E-state index contributed by atoms with van der Waals surface area (Å²) in [6.07, 6.45) is 0. The van der Waals surface area contributed by atoms with Crippen LogP contribution < -0.4 is 5.32 Å². The van der Waals surface area contributed by atoms with Gasteiger partial charge in [-0.05, 0) is 11.6 Å². The predicted octanol–water partition coefficient (Wildman–Crippen LogP) is 3.99. The first-order valence-corrected chi connectivity index (χ1v) is 7.24. The van der Waals surface area contributed by atoms with Gasteiger partial charge in [0.15, 0.2) is 0 Å². The van der Waals surface area contributed by atoms with E-state index in [1.807, 2.05) is 18.2 Å². The Balaban J connectivity index is 2.34. The lowest BCUT2D eigenvalue weighted by atomic mass is 9.94. The van der Waals surface area contributed by atoms with Crippen molar-refractivity contribution in [3.63, 3.8) is 0 Å². The molecule has 1 aromatic rings. The number of halogens is 1. The highest BCUT2D eigenvalue weighted by molar-refractivity contribution is 9.10. The number of nitrogens with one attached hydrogen (secondary N) is 1. The predicted molar refractivity (Wildman–Crippen MR) is 80.7 cm³/mol. The highest BCUT2D eigenvalue weighted by atomic mass is 79.9. The highest BCUT2D eigenvalue weighted by Gasteiger charge is 2.18. The van der Waals surface area contributed by atoms with Gasteiger partial charge in [0.05, 0.1) is 13.2 Å². The van der Waals surface area contributed by atoms with Crippen LogP contribution in [-0.2, 0) is 11.3 Å². The van der Waals surface area contributed by atoms with Crippen LogP contribution >= 0.6 is 15.9 Å². The summed E-state index contributed by atoms with van der Waals surface area (Å²) >= 11 is 3.53. The van der Waals surface area contributed by atoms with Gasteiger partial charge < -0.3 is 10.1 Å². The van der Waals surface area contributed by atoms with Gasteiger partial charge in [-0.25, -0.2) is 0 Å². The van der Waals surface area contributed by atoms with Gasteiger partial charge in [-0.3, -0.25) is 0 Å². The van der Waals surface area contributed by atoms with E-state index in [0.717, 1.165) is 17.6 Å². The lowest BCUT2D eigenvalue weighted by molar-refractivity contribution is 0.0501. The van der Waals surface area contributed by atoms with Crippen LogP contribution in [0.25, 0.3) is 0 Å². The number of rotatable bonds is 7. The molecule has 0 atom stereocenters. The monoisotopic (exact) mass is 313 g/mol. The fourth-order valence-corrected chi connectivity index (χ4v) is 1.98. The topological polar surface area (TPSA) is 21.3 Å². The van der Waals surface area contributed by atoms with Gasteiger partial charge in [-0.2, -0.15) is 0 Å². The summed E-state index contributed by atoms with van der Waals surface area (Å²) < 4.78 is 6.94. The number of hydrogen-bond donors (Lipinski definition) is 1. The Hall–Kier alpha value is -0.380. The van der Waals surface area contributed by atoms with Crippen molar-refractivity contribution in [1.29, 1.82) is 0 Å². The van der Waals surface area contributed by atoms with Crippen molar-refractivity contribution in [2.75, 3.05) is 13.2 Å². The van der Waals surface area contributed by atoms with Crippen LogP contribution in [0, 0.1) is 5.41 Å². The molecule has 1 aromatic carbocycles. The molecule has 0 unspecified atom stereocenters. The highest BCUT2D eigenvalue weighted by Crippen LogP contribution is 2.19. The molecule has 2 nitrogen and oxygen atoms in total. The molecule has 1 N–H and O–H groups in total. The molecule has 0 heterocycles. The van der Waals surface area contributed by atoms with Gasteiger partial charge in [0.25, 0.3) is 0 Å². The maximum Gasteiger partial charge on any atom is 0.0728 e. The van der Waals surface area contributed by atoms with Gasteiger partial charge in [0.2, 0.25) is 0 Å². The number of hydrogen-bond acceptors (Lipinski definition) is 2. The average molecular weight is 314 g/mol. The molecule has 0 spiro atoms. The third-order valence-corrected chi connectivity index (χ3v) is 3.47. The first-order chi connectivity index (χ1) is 8.41. The molecule has 0 bridgehead atoms. The van der Waals surface area contributed by atoms with Crippen LogP contribution in [0.5, 0.6) is 0 Å². The first-order valence-electron chi connectivity index (χ1n) is 6.45. The zero-order chi connectivity index (χ0) is 13.6. The molecular formula is C15H24BrNO. The van der Waals surface area contributed by atoms with Crippen molar-refractivity contribution in [2.24, 2.45) is 5.41 Å². The zero-order valence-corrected chi connectivity index (χ0v) is 13.4. The summed E-state index contributed by atoms with van der Waals surface area (Å²) in [5.41, 5.74) is 1.36. The molecule has 1 rings (SSSR count). The van der Waals surface area contributed by atoms with Gasteiger partial charge in [0, 0.05) is 22.5 Å². The van der Waals surface area contributed by atoms with E-state index in [2.05, 4.69) is 55.0 Å². The van der Waals surface area contributed by atoms with E-state index in [4.69, 9.17) is 4.74 Å². The average Bonchev–Trinajstić information content (AvgIpc) is 2.29. The molecule has 0 aliphatic rings. The quantitative estimate of drug-likeness (QED) is 0.821. The Morgan fingerprint density at radius 3 is 2.56 bits per heavy atom. The molecule has 0 saturated heterocycles. The smallest absolute Gasteiger partial charge is 0.0728 e. The third-order valence-electron chi connectivity index (χ3n) is 2.70. The summed E-state index contributed by atoms with van der Waals surface area (Å²) in [5.74, 6) is 0. The van der Waals surface area contributed by atoms with E-state index >= 15 is 0 Å². The Morgan fingerprint density at radius 2 is 1.94 bits per heavy atom. The third kappa shape index (κ3) is 5.98. The van der Waals surface area contributed by atoms with Crippen LogP contribution in [-0.4, -0.2) is 19.2 Å². The van der Waals surface area contributed by atoms with Crippen molar-refractivity contribution in [3.8, 4) is 0 Å². The molecule has 0 aliphatic heterocycles. The zero-order valence-electron chi connectivity index (χ0n) is 11.8. The van der Waals surface area contributed by atoms with E-state index in [9.17, 15) is 0 Å². The van der Waals surface area contributed by atoms with E-state index < -0.39 is 0 Å². The summed E-state index contributed by atoms with van der Waals surface area (Å²) in [5, 5.41) is 3.46. The summed E-state index contributed by atoms with van der Waals surface area (Å²) in [4.78, 5) is 0. The molecule has 0 aromatic heterocycles. The second-order valence-corrected chi connectivity index (χ2v) is 6.64. The SMILES string of the molecule is CC(C)NCC(C)(C)COCc1ccccc1Br. The molecule has 0 radical (unpaired) electrons. The van der Waals surface area contributed by atoms with Crippen LogP contribution in [0.15, 0.2) is 28.7 Å². The largest absolute Gasteiger partial charge is 0.376 e. The Morgan fingerprint density at radius 1 is 1.28 bits per heavy atom. The molecule has 0 saturated carbocycles. The van der Waals surface area contributed by atoms with Crippen LogP contribution in [0.1, 0.15) is 33.3 Å². The van der Waals surface area contributed by atoms with Gasteiger partial charge >= 0.3 is 0 Å². The minimum Gasteiger partial charge on any atom is -0.376 e. The second kappa shape index (κ2) is 7.27. The lowest BCUT2D eigenvalue weighted by Crippen LogP contribution is -2.36. The lowest BCUT2D eigenvalue weighted by Gasteiger charge is -2.26. The van der Waals surface area contributed by atoms with Crippen molar-refractivity contribution < 1.29 is 4.74 Å². The van der Waals surface area contributed by atoms with Crippen molar-refractivity contribution in [1.82, 2.24) is 5.32 Å².